The number of hydrogen-bond donors (Lipinski definition) is 1. The van der Waals surface area contributed by atoms with Gasteiger partial charge < -0.3 is 14.7 Å². The highest BCUT2D eigenvalue weighted by molar-refractivity contribution is 5.65. The number of hydrogen-bond acceptors (Lipinski definition) is 4. The van der Waals surface area contributed by atoms with Gasteiger partial charge in [0.15, 0.2) is 11.6 Å². The van der Waals surface area contributed by atoms with Crippen molar-refractivity contribution >= 4 is 6.09 Å². The van der Waals surface area contributed by atoms with Gasteiger partial charge in [-0.1, -0.05) is 0 Å². The van der Waals surface area contributed by atoms with Crippen LogP contribution in [-0.2, 0) is 0 Å². The first-order chi connectivity index (χ1) is 14.5. The predicted octanol–water partition coefficient (Wildman–Crippen LogP) is 3.55. The summed E-state index contributed by atoms with van der Waals surface area (Å²) in [6.07, 6.45) is 7.05. The molecule has 1 amide bonds. The van der Waals surface area contributed by atoms with Crippen molar-refractivity contribution in [1.29, 1.82) is 0 Å². The molecule has 1 aromatic heterocycles. The molecule has 30 heavy (non-hydrogen) atoms. The van der Waals surface area contributed by atoms with Crippen molar-refractivity contribution in [2.75, 3.05) is 32.8 Å². The number of nitrogens with zero attached hydrogens (tertiary/aromatic N) is 4. The molecule has 162 valence electrons. The van der Waals surface area contributed by atoms with Gasteiger partial charge in [0.25, 0.3) is 0 Å². The Morgan fingerprint density at radius 1 is 1.20 bits per heavy atom. The van der Waals surface area contributed by atoms with E-state index in [0.29, 0.717) is 37.3 Å². The van der Waals surface area contributed by atoms with Crippen LogP contribution in [0.15, 0.2) is 30.6 Å². The van der Waals surface area contributed by atoms with Crippen LogP contribution in [0, 0.1) is 18.7 Å². The molecule has 0 unspecified atom stereocenters. The van der Waals surface area contributed by atoms with Gasteiger partial charge >= 0.3 is 6.09 Å². The molecule has 2 heterocycles. The fourth-order valence-corrected chi connectivity index (χ4v) is 4.47. The van der Waals surface area contributed by atoms with Gasteiger partial charge in [-0.05, 0) is 56.2 Å². The lowest BCUT2D eigenvalue weighted by Crippen LogP contribution is -2.52. The smallest absolute Gasteiger partial charge is 0.407 e. The Morgan fingerprint density at radius 2 is 1.93 bits per heavy atom. The van der Waals surface area contributed by atoms with Crippen LogP contribution < -0.4 is 4.74 Å². The molecule has 7 nitrogen and oxygen atoms in total. The van der Waals surface area contributed by atoms with E-state index < -0.39 is 6.09 Å². The summed E-state index contributed by atoms with van der Waals surface area (Å²) in [7, 11) is 0. The summed E-state index contributed by atoms with van der Waals surface area (Å²) in [5.41, 5.74) is 1.70. The van der Waals surface area contributed by atoms with Gasteiger partial charge in [0, 0.05) is 44.5 Å². The summed E-state index contributed by atoms with van der Waals surface area (Å²) in [6.45, 7) is 5.27. The van der Waals surface area contributed by atoms with Crippen molar-refractivity contribution in [1.82, 2.24) is 19.6 Å². The third kappa shape index (κ3) is 4.75. The number of benzene rings is 1. The van der Waals surface area contributed by atoms with Crippen LogP contribution in [0.25, 0.3) is 5.69 Å². The number of carbonyl (C=O) groups is 1. The van der Waals surface area contributed by atoms with Crippen molar-refractivity contribution in [3.8, 4) is 11.4 Å². The van der Waals surface area contributed by atoms with Gasteiger partial charge in [0.1, 0.15) is 0 Å². The van der Waals surface area contributed by atoms with Gasteiger partial charge in [-0.3, -0.25) is 4.90 Å². The Bertz CT molecular complexity index is 871. The second-order valence-corrected chi connectivity index (χ2v) is 8.37. The van der Waals surface area contributed by atoms with E-state index in [1.807, 2.05) is 19.2 Å². The lowest BCUT2D eigenvalue weighted by molar-refractivity contribution is 0.0616. The maximum absolute atomic E-state index is 14.5. The summed E-state index contributed by atoms with van der Waals surface area (Å²) >= 11 is 0. The maximum Gasteiger partial charge on any atom is 0.407 e. The summed E-state index contributed by atoms with van der Waals surface area (Å²) in [6, 6.07) is 5.47. The molecule has 1 N–H and O–H groups in total. The second-order valence-electron chi connectivity index (χ2n) is 8.37. The SMILES string of the molecule is Cc1cnn(-c2ccc(OC[C@H]3CC[C@H](N4CCN(C(=O)O)CC4)CC3)c(F)c2)c1. The van der Waals surface area contributed by atoms with Crippen LogP contribution in [0.5, 0.6) is 5.75 Å². The van der Waals surface area contributed by atoms with Crippen LogP contribution in [0.1, 0.15) is 31.2 Å². The third-order valence-electron chi connectivity index (χ3n) is 6.28. The van der Waals surface area contributed by atoms with E-state index in [4.69, 9.17) is 9.84 Å². The first kappa shape index (κ1) is 20.7. The van der Waals surface area contributed by atoms with E-state index in [2.05, 4.69) is 10.00 Å². The Kier molecular flexibility index (Phi) is 6.22. The highest BCUT2D eigenvalue weighted by atomic mass is 19.1. The molecule has 2 aromatic rings. The number of carboxylic acid groups (broad SMARTS) is 1. The normalized spacial score (nSPS) is 22.8. The van der Waals surface area contributed by atoms with Gasteiger partial charge in [0.2, 0.25) is 0 Å². The van der Waals surface area contributed by atoms with Crippen LogP contribution in [0.2, 0.25) is 0 Å². The standard InChI is InChI=1S/C22H29FN4O3/c1-16-13-24-27(14-16)19-6-7-21(20(23)12-19)30-15-17-2-4-18(5-3-17)25-8-10-26(11-9-25)22(28)29/h6-7,12-14,17-18H,2-5,8-11,15H2,1H3,(H,28,29)/t17-,18-. The van der Waals surface area contributed by atoms with Crippen LogP contribution in [0.4, 0.5) is 9.18 Å². The van der Waals surface area contributed by atoms with Crippen molar-refractivity contribution in [2.24, 2.45) is 5.92 Å². The summed E-state index contributed by atoms with van der Waals surface area (Å²) in [4.78, 5) is 15.0. The quantitative estimate of drug-likeness (QED) is 0.807. The molecule has 4 rings (SSSR count). The van der Waals surface area contributed by atoms with Crippen molar-refractivity contribution in [3.63, 3.8) is 0 Å². The highest BCUT2D eigenvalue weighted by Gasteiger charge is 2.29. The van der Waals surface area contributed by atoms with E-state index in [9.17, 15) is 9.18 Å². The fourth-order valence-electron chi connectivity index (χ4n) is 4.47. The second kappa shape index (κ2) is 9.04. The molecule has 1 aliphatic carbocycles. The van der Waals surface area contributed by atoms with Gasteiger partial charge in [-0.2, -0.15) is 5.10 Å². The Hall–Kier alpha value is -2.61. The molecule has 0 atom stereocenters. The minimum atomic E-state index is -0.824. The first-order valence-electron chi connectivity index (χ1n) is 10.7. The Morgan fingerprint density at radius 3 is 2.53 bits per heavy atom. The summed E-state index contributed by atoms with van der Waals surface area (Å²) in [5, 5.41) is 13.3. The fraction of sp³-hybridized carbons (Fsp3) is 0.545. The zero-order valence-electron chi connectivity index (χ0n) is 17.3. The zero-order valence-corrected chi connectivity index (χ0v) is 17.3. The number of aryl methyl sites for hydroxylation is 1. The van der Waals surface area contributed by atoms with E-state index in [0.717, 1.165) is 44.3 Å². The molecule has 1 aliphatic heterocycles. The first-order valence-corrected chi connectivity index (χ1v) is 10.7. The van der Waals surface area contributed by atoms with Crippen LogP contribution >= 0.6 is 0 Å². The molecule has 8 heteroatoms. The topological polar surface area (TPSA) is 70.8 Å². The highest BCUT2D eigenvalue weighted by Crippen LogP contribution is 2.29. The number of halogens is 1. The van der Waals surface area contributed by atoms with Gasteiger partial charge in [0.05, 0.1) is 18.5 Å². The van der Waals surface area contributed by atoms with Gasteiger partial charge in [-0.25, -0.2) is 13.9 Å². The molecule has 2 fully saturated rings. The summed E-state index contributed by atoms with van der Waals surface area (Å²) < 4.78 is 21.9. The monoisotopic (exact) mass is 416 g/mol. The lowest BCUT2D eigenvalue weighted by atomic mass is 9.85. The van der Waals surface area contributed by atoms with E-state index >= 15 is 0 Å². The van der Waals surface area contributed by atoms with Crippen molar-refractivity contribution < 1.29 is 19.0 Å². The molecule has 0 bridgehead atoms. The van der Waals surface area contributed by atoms with Crippen LogP contribution in [0.3, 0.4) is 0 Å². The van der Waals surface area contributed by atoms with Crippen molar-refractivity contribution in [3.05, 3.63) is 42.0 Å². The molecule has 1 saturated heterocycles. The van der Waals surface area contributed by atoms with E-state index in [-0.39, 0.29) is 11.6 Å². The number of piperazine rings is 1. The third-order valence-corrected chi connectivity index (χ3v) is 6.28. The molecule has 2 aliphatic rings. The molecule has 1 aromatic carbocycles. The van der Waals surface area contributed by atoms with E-state index in [1.54, 1.807) is 16.9 Å². The number of rotatable bonds is 5. The maximum atomic E-state index is 14.5. The molecule has 0 spiro atoms. The number of aromatic nitrogens is 2. The number of ether oxygens (including phenoxy) is 1. The zero-order chi connectivity index (χ0) is 21.1. The minimum absolute atomic E-state index is 0.287. The molecular weight excluding hydrogens is 387 g/mol. The molecule has 0 radical (unpaired) electrons. The Balaban J connectivity index is 1.24. The lowest BCUT2D eigenvalue weighted by Gasteiger charge is -2.41. The average Bonchev–Trinajstić information content (AvgIpc) is 3.19. The van der Waals surface area contributed by atoms with Crippen molar-refractivity contribution in [2.45, 2.75) is 38.6 Å². The largest absolute Gasteiger partial charge is 0.490 e. The predicted molar refractivity (Wildman–Crippen MR) is 111 cm³/mol. The molecule has 1 saturated carbocycles. The number of amides is 1. The van der Waals surface area contributed by atoms with E-state index in [1.165, 1.54) is 11.0 Å². The van der Waals surface area contributed by atoms with Crippen LogP contribution in [-0.4, -0.2) is 69.6 Å². The summed E-state index contributed by atoms with van der Waals surface area (Å²) in [5.74, 6) is 0.342. The average molecular weight is 416 g/mol. The van der Waals surface area contributed by atoms with Gasteiger partial charge in [-0.15, -0.1) is 0 Å². The molecular formula is C22H29FN4O3. The Labute approximate surface area is 176 Å². The minimum Gasteiger partial charge on any atom is -0.490 e.